The second-order valence-corrected chi connectivity index (χ2v) is 12.1. The Labute approximate surface area is 165 Å². The van der Waals surface area contributed by atoms with Crippen LogP contribution in [0.2, 0.25) is 13.1 Å². The molecule has 0 N–H and O–H groups in total. The van der Waals surface area contributed by atoms with E-state index >= 15 is 0 Å². The summed E-state index contributed by atoms with van der Waals surface area (Å²) in [6.07, 6.45) is 2.05. The quantitative estimate of drug-likeness (QED) is 0.389. The van der Waals surface area contributed by atoms with Crippen molar-refractivity contribution in [2.24, 2.45) is 0 Å². The minimum absolute atomic E-state index is 0.906. The molecular weight excluding hydrogens is 358 g/mol. The monoisotopic (exact) mass is 379 g/mol. The molecule has 0 saturated heterocycles. The summed E-state index contributed by atoms with van der Waals surface area (Å²) in [5, 5.41) is 5.04. The van der Waals surface area contributed by atoms with Gasteiger partial charge in [0.1, 0.15) is 19.2 Å². The molecule has 0 spiro atoms. The van der Waals surface area contributed by atoms with Crippen molar-refractivity contribution in [2.45, 2.75) is 13.1 Å². The van der Waals surface area contributed by atoms with E-state index in [9.17, 15) is 0 Å². The summed E-state index contributed by atoms with van der Waals surface area (Å²) >= 11 is 0. The Morgan fingerprint density at radius 1 is 0.679 bits per heavy atom. The van der Waals surface area contributed by atoms with Crippen molar-refractivity contribution in [3.63, 3.8) is 0 Å². The van der Waals surface area contributed by atoms with Gasteiger partial charge in [0.05, 0.1) is 5.69 Å². The summed E-state index contributed by atoms with van der Waals surface area (Å²) in [7, 11) is -1.75. The fourth-order valence-corrected chi connectivity index (χ4v) is 6.14. The first-order valence-corrected chi connectivity index (χ1v) is 12.6. The molecule has 5 aromatic rings. The summed E-state index contributed by atoms with van der Waals surface area (Å²) in [5.41, 5.74) is 3.81. The molecule has 0 aliphatic rings. The molecule has 0 atom stereocenters. The Kier molecular flexibility index (Phi) is 3.92. The topological polar surface area (TPSA) is 26.0 Å². The van der Waals surface area contributed by atoms with Gasteiger partial charge in [-0.25, -0.2) is 0 Å². The van der Waals surface area contributed by atoms with Gasteiger partial charge in [-0.15, -0.1) is 0 Å². The fraction of sp³-hybridized carbons (Fsp3) is 0.0800. The highest BCUT2D eigenvalue weighted by Gasteiger charge is 2.26. The van der Waals surface area contributed by atoms with Gasteiger partial charge in [0.25, 0.3) is 0 Å². The van der Waals surface area contributed by atoms with Gasteiger partial charge in [0.15, 0.2) is 0 Å². The third-order valence-corrected chi connectivity index (χ3v) is 9.18. The largest absolute Gasteiger partial charge is 0.455 e. The lowest BCUT2D eigenvalue weighted by Gasteiger charge is -2.23. The van der Waals surface area contributed by atoms with E-state index < -0.39 is 8.07 Å². The van der Waals surface area contributed by atoms with E-state index in [4.69, 9.17) is 9.40 Å². The maximum atomic E-state index is 6.17. The van der Waals surface area contributed by atoms with Crippen LogP contribution in [0.15, 0.2) is 95.5 Å². The molecule has 0 amide bonds. The predicted molar refractivity (Wildman–Crippen MR) is 120 cm³/mol. The number of pyridine rings is 1. The molecule has 3 heteroatoms. The number of rotatable bonds is 3. The standard InChI is InChI=1S/C25H21NOSi/c1-28(2,18-9-4-3-5-10-18)19-15-16-23(26-17-19)22-13-8-12-21-20-11-6-7-14-24(20)27-25(21)22/h3-17H,1-2H3. The highest BCUT2D eigenvalue weighted by atomic mass is 28.3. The van der Waals surface area contributed by atoms with Crippen LogP contribution in [0.5, 0.6) is 0 Å². The number of benzene rings is 3. The van der Waals surface area contributed by atoms with Gasteiger partial charge < -0.3 is 4.42 Å². The average Bonchev–Trinajstić information content (AvgIpc) is 3.13. The minimum Gasteiger partial charge on any atom is -0.455 e. The highest BCUT2D eigenvalue weighted by Crippen LogP contribution is 2.34. The zero-order chi connectivity index (χ0) is 19.1. The van der Waals surface area contributed by atoms with Crippen molar-refractivity contribution in [1.29, 1.82) is 0 Å². The van der Waals surface area contributed by atoms with Crippen LogP contribution in [0.25, 0.3) is 33.2 Å². The highest BCUT2D eigenvalue weighted by molar-refractivity contribution is 7.00. The van der Waals surface area contributed by atoms with Crippen molar-refractivity contribution < 1.29 is 4.42 Å². The smallest absolute Gasteiger partial charge is 0.144 e. The lowest BCUT2D eigenvalue weighted by molar-refractivity contribution is 0.670. The first kappa shape index (κ1) is 17.0. The second kappa shape index (κ2) is 6.46. The van der Waals surface area contributed by atoms with Crippen LogP contribution in [-0.4, -0.2) is 13.1 Å². The molecule has 3 aromatic carbocycles. The summed E-state index contributed by atoms with van der Waals surface area (Å²) in [5.74, 6) is 0. The van der Waals surface area contributed by atoms with Gasteiger partial charge in [-0.3, -0.25) is 4.98 Å². The molecule has 2 aromatic heterocycles. The van der Waals surface area contributed by atoms with Crippen molar-refractivity contribution >= 4 is 40.4 Å². The molecule has 0 unspecified atom stereocenters. The third kappa shape index (κ3) is 2.67. The van der Waals surface area contributed by atoms with Crippen molar-refractivity contribution in [3.05, 3.63) is 91.1 Å². The van der Waals surface area contributed by atoms with E-state index in [0.29, 0.717) is 0 Å². The van der Waals surface area contributed by atoms with Gasteiger partial charge in [0, 0.05) is 22.5 Å². The van der Waals surface area contributed by atoms with Gasteiger partial charge in [0.2, 0.25) is 0 Å². The molecule has 2 heterocycles. The Balaban J connectivity index is 1.60. The SMILES string of the molecule is C[Si](C)(c1ccccc1)c1ccc(-c2cccc3c2oc2ccccc23)nc1. The molecule has 2 nitrogen and oxygen atoms in total. The Hall–Kier alpha value is -3.17. The number of para-hydroxylation sites is 2. The van der Waals surface area contributed by atoms with Crippen LogP contribution < -0.4 is 10.4 Å². The Bertz CT molecular complexity index is 1270. The van der Waals surface area contributed by atoms with Crippen molar-refractivity contribution in [2.75, 3.05) is 0 Å². The minimum atomic E-state index is -1.75. The Morgan fingerprint density at radius 3 is 2.21 bits per heavy atom. The van der Waals surface area contributed by atoms with Gasteiger partial charge in [-0.05, 0) is 23.4 Å². The first-order valence-electron chi connectivity index (χ1n) is 9.57. The van der Waals surface area contributed by atoms with Gasteiger partial charge in [-0.2, -0.15) is 0 Å². The van der Waals surface area contributed by atoms with E-state index in [1.165, 1.54) is 10.4 Å². The zero-order valence-electron chi connectivity index (χ0n) is 16.0. The molecule has 5 rings (SSSR count). The van der Waals surface area contributed by atoms with Crippen LogP contribution in [0.3, 0.4) is 0 Å². The number of aromatic nitrogens is 1. The second-order valence-electron chi connectivity index (χ2n) is 7.70. The lowest BCUT2D eigenvalue weighted by Crippen LogP contribution is -2.52. The van der Waals surface area contributed by atoms with Gasteiger partial charge in [-0.1, -0.05) is 85.0 Å². The van der Waals surface area contributed by atoms with Crippen LogP contribution in [-0.2, 0) is 0 Å². The predicted octanol–water partition coefficient (Wildman–Crippen LogP) is 5.47. The zero-order valence-corrected chi connectivity index (χ0v) is 17.0. The van der Waals surface area contributed by atoms with Crippen LogP contribution in [0.4, 0.5) is 0 Å². The summed E-state index contributed by atoms with van der Waals surface area (Å²) in [4.78, 5) is 4.84. The van der Waals surface area contributed by atoms with E-state index in [2.05, 4.69) is 86.0 Å². The first-order chi connectivity index (χ1) is 13.6. The van der Waals surface area contributed by atoms with Crippen molar-refractivity contribution in [3.8, 4) is 11.3 Å². The number of hydrogen-bond acceptors (Lipinski definition) is 2. The van der Waals surface area contributed by atoms with E-state index in [1.807, 2.05) is 18.2 Å². The number of fused-ring (bicyclic) bond motifs is 3. The van der Waals surface area contributed by atoms with Crippen LogP contribution in [0.1, 0.15) is 0 Å². The van der Waals surface area contributed by atoms with Crippen molar-refractivity contribution in [1.82, 2.24) is 4.98 Å². The number of hydrogen-bond donors (Lipinski definition) is 0. The molecule has 0 aliphatic heterocycles. The average molecular weight is 380 g/mol. The number of nitrogens with zero attached hydrogens (tertiary/aromatic N) is 1. The molecule has 136 valence electrons. The summed E-state index contributed by atoms with van der Waals surface area (Å²) < 4.78 is 6.17. The third-order valence-electron chi connectivity index (χ3n) is 5.66. The van der Waals surface area contributed by atoms with Crippen LogP contribution in [0, 0.1) is 0 Å². The summed E-state index contributed by atoms with van der Waals surface area (Å²) in [6, 6.07) is 29.6. The maximum absolute atomic E-state index is 6.17. The van der Waals surface area contributed by atoms with E-state index in [-0.39, 0.29) is 0 Å². The van der Waals surface area contributed by atoms with E-state index in [1.54, 1.807) is 0 Å². The summed E-state index contributed by atoms with van der Waals surface area (Å²) in [6.45, 7) is 4.75. The molecule has 0 saturated carbocycles. The lowest BCUT2D eigenvalue weighted by atomic mass is 10.1. The molecule has 0 bridgehead atoms. The van der Waals surface area contributed by atoms with Gasteiger partial charge >= 0.3 is 0 Å². The van der Waals surface area contributed by atoms with Crippen LogP contribution >= 0.6 is 0 Å². The Morgan fingerprint density at radius 2 is 1.43 bits per heavy atom. The fourth-order valence-electron chi connectivity index (χ4n) is 3.89. The van der Waals surface area contributed by atoms with E-state index in [0.717, 1.165) is 33.2 Å². The molecule has 0 aliphatic carbocycles. The molecule has 0 radical (unpaired) electrons. The number of furan rings is 1. The maximum Gasteiger partial charge on any atom is 0.144 e. The molecule has 28 heavy (non-hydrogen) atoms. The molecular formula is C25H21NOSi. The molecule has 0 fully saturated rings. The normalized spacial score (nSPS) is 11.9.